The average molecular weight is 279 g/mol. The number of aromatic hydroxyl groups is 1. The summed E-state index contributed by atoms with van der Waals surface area (Å²) in [5, 5.41) is 22.8. The number of hydrogen-bond donors (Lipinski definition) is 3. The Kier molecular flexibility index (Phi) is 4.37. The molecular formula is C16H25NO3. The van der Waals surface area contributed by atoms with Gasteiger partial charge in [-0.05, 0) is 31.0 Å². The third-order valence-corrected chi connectivity index (χ3v) is 4.75. The molecule has 1 fully saturated rings. The van der Waals surface area contributed by atoms with Crippen LogP contribution in [0.5, 0.6) is 5.75 Å². The Morgan fingerprint density at radius 2 is 2.15 bits per heavy atom. The van der Waals surface area contributed by atoms with E-state index in [2.05, 4.69) is 19.2 Å². The van der Waals surface area contributed by atoms with Crippen molar-refractivity contribution in [2.75, 3.05) is 13.2 Å². The third kappa shape index (κ3) is 2.55. The van der Waals surface area contributed by atoms with Crippen LogP contribution in [0.4, 0.5) is 0 Å². The predicted octanol–water partition coefficient (Wildman–Crippen LogP) is 2.05. The molecule has 4 heteroatoms. The third-order valence-electron chi connectivity index (χ3n) is 4.75. The minimum Gasteiger partial charge on any atom is -0.508 e. The van der Waals surface area contributed by atoms with E-state index in [1.165, 1.54) is 0 Å². The van der Waals surface area contributed by atoms with Gasteiger partial charge in [0.1, 0.15) is 5.75 Å². The number of ether oxygens (including phenoxy) is 1. The first kappa shape index (κ1) is 15.3. The number of nitrogens with one attached hydrogen (secondary N) is 1. The second-order valence-corrected chi connectivity index (χ2v) is 6.13. The lowest BCUT2D eigenvalue weighted by atomic mass is 9.54. The fourth-order valence-corrected chi connectivity index (χ4v) is 3.04. The molecule has 0 saturated heterocycles. The van der Waals surface area contributed by atoms with Crippen molar-refractivity contribution in [3.8, 4) is 5.75 Å². The van der Waals surface area contributed by atoms with E-state index >= 15 is 0 Å². The van der Waals surface area contributed by atoms with E-state index in [1.54, 1.807) is 12.1 Å². The smallest absolute Gasteiger partial charge is 0.115 e. The number of aliphatic hydroxyl groups is 1. The van der Waals surface area contributed by atoms with E-state index in [0.29, 0.717) is 13.2 Å². The molecule has 1 aliphatic carbocycles. The van der Waals surface area contributed by atoms with Crippen LogP contribution in [0.25, 0.3) is 0 Å². The SMILES string of the molecule is CCO[C@H]1C[C@@](CO)(NCc2cccc(O)c2)C1(C)C. The summed E-state index contributed by atoms with van der Waals surface area (Å²) in [5.74, 6) is 0.266. The molecule has 1 aromatic carbocycles. The van der Waals surface area contributed by atoms with Crippen molar-refractivity contribution in [3.05, 3.63) is 29.8 Å². The minimum atomic E-state index is -0.321. The van der Waals surface area contributed by atoms with Gasteiger partial charge in [0.05, 0.1) is 18.2 Å². The van der Waals surface area contributed by atoms with Crippen LogP contribution in [0.15, 0.2) is 24.3 Å². The van der Waals surface area contributed by atoms with Crippen molar-refractivity contribution in [1.29, 1.82) is 0 Å². The van der Waals surface area contributed by atoms with E-state index in [0.717, 1.165) is 12.0 Å². The lowest BCUT2D eigenvalue weighted by Gasteiger charge is -2.60. The summed E-state index contributed by atoms with van der Waals surface area (Å²) in [6.07, 6.45) is 0.986. The Labute approximate surface area is 120 Å². The van der Waals surface area contributed by atoms with Gasteiger partial charge in [0.25, 0.3) is 0 Å². The summed E-state index contributed by atoms with van der Waals surface area (Å²) in [7, 11) is 0. The van der Waals surface area contributed by atoms with Crippen molar-refractivity contribution in [2.45, 2.75) is 45.4 Å². The van der Waals surface area contributed by atoms with Crippen LogP contribution < -0.4 is 5.32 Å². The summed E-state index contributed by atoms with van der Waals surface area (Å²) in [6, 6.07) is 7.18. The molecule has 0 heterocycles. The number of rotatable bonds is 6. The summed E-state index contributed by atoms with van der Waals surface area (Å²) < 4.78 is 5.73. The van der Waals surface area contributed by atoms with Gasteiger partial charge in [-0.2, -0.15) is 0 Å². The molecule has 0 radical (unpaired) electrons. The highest BCUT2D eigenvalue weighted by atomic mass is 16.5. The Hall–Kier alpha value is -1.10. The molecule has 1 saturated carbocycles. The number of phenols is 1. The fourth-order valence-electron chi connectivity index (χ4n) is 3.04. The normalized spacial score (nSPS) is 28.1. The van der Waals surface area contributed by atoms with Crippen LogP contribution in [-0.4, -0.2) is 35.1 Å². The highest BCUT2D eigenvalue weighted by Gasteiger charge is 2.60. The maximum absolute atomic E-state index is 9.82. The summed E-state index contributed by atoms with van der Waals surface area (Å²) in [6.45, 7) is 7.65. The summed E-state index contributed by atoms with van der Waals surface area (Å²) in [5.41, 5.74) is 0.570. The zero-order chi connectivity index (χ0) is 14.8. The largest absolute Gasteiger partial charge is 0.508 e. The fraction of sp³-hybridized carbons (Fsp3) is 0.625. The minimum absolute atomic E-state index is 0.0857. The second-order valence-electron chi connectivity index (χ2n) is 6.13. The molecule has 2 rings (SSSR count). The van der Waals surface area contributed by atoms with Crippen molar-refractivity contribution in [1.82, 2.24) is 5.32 Å². The van der Waals surface area contributed by atoms with Gasteiger partial charge in [0, 0.05) is 18.6 Å². The molecule has 20 heavy (non-hydrogen) atoms. The molecule has 3 N–H and O–H groups in total. The summed E-state index contributed by atoms with van der Waals surface area (Å²) >= 11 is 0. The molecule has 0 aliphatic heterocycles. The van der Waals surface area contributed by atoms with E-state index in [-0.39, 0.29) is 29.4 Å². The molecule has 1 aromatic rings. The van der Waals surface area contributed by atoms with Crippen LogP contribution in [0.3, 0.4) is 0 Å². The van der Waals surface area contributed by atoms with Gasteiger partial charge in [-0.25, -0.2) is 0 Å². The zero-order valence-electron chi connectivity index (χ0n) is 12.5. The Morgan fingerprint density at radius 3 is 2.70 bits per heavy atom. The maximum atomic E-state index is 9.82. The van der Waals surface area contributed by atoms with Gasteiger partial charge < -0.3 is 20.3 Å². The van der Waals surface area contributed by atoms with Crippen LogP contribution in [0, 0.1) is 5.41 Å². The lowest BCUT2D eigenvalue weighted by Crippen LogP contribution is -2.73. The van der Waals surface area contributed by atoms with Crippen molar-refractivity contribution >= 4 is 0 Å². The van der Waals surface area contributed by atoms with E-state index < -0.39 is 0 Å². The molecule has 112 valence electrons. The first-order chi connectivity index (χ1) is 9.45. The Balaban J connectivity index is 2.03. The van der Waals surface area contributed by atoms with Crippen molar-refractivity contribution < 1.29 is 14.9 Å². The zero-order valence-corrected chi connectivity index (χ0v) is 12.5. The topological polar surface area (TPSA) is 61.7 Å². The summed E-state index contributed by atoms with van der Waals surface area (Å²) in [4.78, 5) is 0. The molecule has 1 aliphatic rings. The number of hydrogen-bond acceptors (Lipinski definition) is 4. The monoisotopic (exact) mass is 279 g/mol. The molecule has 0 amide bonds. The van der Waals surface area contributed by atoms with Crippen LogP contribution in [-0.2, 0) is 11.3 Å². The van der Waals surface area contributed by atoms with Gasteiger partial charge >= 0.3 is 0 Å². The van der Waals surface area contributed by atoms with Crippen LogP contribution >= 0.6 is 0 Å². The number of aliphatic hydroxyl groups excluding tert-OH is 1. The Morgan fingerprint density at radius 1 is 1.40 bits per heavy atom. The molecule has 0 spiro atoms. The van der Waals surface area contributed by atoms with Gasteiger partial charge in [-0.1, -0.05) is 26.0 Å². The van der Waals surface area contributed by atoms with Crippen molar-refractivity contribution in [2.24, 2.45) is 5.41 Å². The highest BCUT2D eigenvalue weighted by Crippen LogP contribution is 2.51. The standard InChI is InChI=1S/C16H25NO3/c1-4-20-14-9-16(11-18,15(14,2)3)17-10-12-6-5-7-13(19)8-12/h5-8,14,17-19H,4,9-11H2,1-3H3/t14-,16-/m0/s1. The van der Waals surface area contributed by atoms with E-state index in [9.17, 15) is 10.2 Å². The van der Waals surface area contributed by atoms with Crippen LogP contribution in [0.1, 0.15) is 32.8 Å². The van der Waals surface area contributed by atoms with Crippen molar-refractivity contribution in [3.63, 3.8) is 0 Å². The predicted molar refractivity (Wildman–Crippen MR) is 78.6 cm³/mol. The van der Waals surface area contributed by atoms with E-state index in [1.807, 2.05) is 19.1 Å². The van der Waals surface area contributed by atoms with Gasteiger partial charge in [0.15, 0.2) is 0 Å². The van der Waals surface area contributed by atoms with E-state index in [4.69, 9.17) is 4.74 Å². The van der Waals surface area contributed by atoms with Crippen LogP contribution in [0.2, 0.25) is 0 Å². The lowest BCUT2D eigenvalue weighted by molar-refractivity contribution is -0.177. The quantitative estimate of drug-likeness (QED) is 0.746. The average Bonchev–Trinajstić information content (AvgIpc) is 2.42. The molecule has 0 bridgehead atoms. The molecule has 2 atom stereocenters. The molecule has 0 unspecified atom stereocenters. The first-order valence-electron chi connectivity index (χ1n) is 7.20. The number of phenolic OH excluding ortho intramolecular Hbond substituents is 1. The molecular weight excluding hydrogens is 254 g/mol. The van der Waals surface area contributed by atoms with Gasteiger partial charge in [0.2, 0.25) is 0 Å². The first-order valence-corrected chi connectivity index (χ1v) is 7.20. The van der Waals surface area contributed by atoms with Gasteiger partial charge in [-0.3, -0.25) is 0 Å². The molecule has 4 nitrogen and oxygen atoms in total. The van der Waals surface area contributed by atoms with Gasteiger partial charge in [-0.15, -0.1) is 0 Å². The molecule has 0 aromatic heterocycles. The Bertz CT molecular complexity index is 461. The highest BCUT2D eigenvalue weighted by molar-refractivity contribution is 5.27. The number of benzene rings is 1. The maximum Gasteiger partial charge on any atom is 0.115 e. The second kappa shape index (κ2) is 5.72.